The number of aromatic nitrogens is 1. The lowest BCUT2D eigenvalue weighted by Crippen LogP contribution is -1.98. The molecule has 1 saturated carbocycles. The molecule has 60 valence electrons. The average Bonchev–Trinajstić information content (AvgIpc) is 2.89. The number of terminal acetylenes is 1. The molecule has 0 N–H and O–H groups in total. The molecular weight excluding hydrogens is 150 g/mol. The molecule has 1 fully saturated rings. The third kappa shape index (κ3) is 1.57. The van der Waals surface area contributed by atoms with Crippen LogP contribution in [0.1, 0.15) is 18.5 Å². The van der Waals surface area contributed by atoms with E-state index in [0.717, 1.165) is 12.8 Å². The highest BCUT2D eigenvalue weighted by molar-refractivity contribution is 5.27. The van der Waals surface area contributed by atoms with Crippen molar-refractivity contribution in [1.82, 2.24) is 4.98 Å². The van der Waals surface area contributed by atoms with E-state index in [0.29, 0.717) is 17.7 Å². The summed E-state index contributed by atoms with van der Waals surface area (Å²) in [5.41, 5.74) is 0.633. The molecule has 0 spiro atoms. The second-order valence-corrected chi connectivity index (χ2v) is 2.82. The van der Waals surface area contributed by atoms with Gasteiger partial charge in [-0.05, 0) is 18.9 Å². The number of rotatable bonds is 2. The predicted octanol–water partition coefficient (Wildman–Crippen LogP) is 1.60. The van der Waals surface area contributed by atoms with Gasteiger partial charge in [0.1, 0.15) is 11.8 Å². The van der Waals surface area contributed by atoms with E-state index in [2.05, 4.69) is 10.9 Å². The number of hydrogen-bond acceptors (Lipinski definition) is 2. The van der Waals surface area contributed by atoms with Crippen LogP contribution in [0.3, 0.4) is 0 Å². The summed E-state index contributed by atoms with van der Waals surface area (Å²) in [6.07, 6.45) is 7.86. The minimum Gasteiger partial charge on any atom is -0.474 e. The normalized spacial score (nSPS) is 15.2. The fraction of sp³-hybridized carbons (Fsp3) is 0.300. The predicted molar refractivity (Wildman–Crippen MR) is 45.8 cm³/mol. The smallest absolute Gasteiger partial charge is 0.214 e. The summed E-state index contributed by atoms with van der Waals surface area (Å²) in [6.45, 7) is 0. The van der Waals surface area contributed by atoms with Crippen LogP contribution in [0.4, 0.5) is 0 Å². The van der Waals surface area contributed by atoms with Crippen molar-refractivity contribution in [2.75, 3.05) is 0 Å². The summed E-state index contributed by atoms with van der Waals surface area (Å²) in [5.74, 6) is 3.12. The Kier molecular flexibility index (Phi) is 1.71. The van der Waals surface area contributed by atoms with Crippen molar-refractivity contribution in [1.29, 1.82) is 0 Å². The topological polar surface area (TPSA) is 22.1 Å². The first-order chi connectivity index (χ1) is 5.88. The first-order valence-corrected chi connectivity index (χ1v) is 3.99. The van der Waals surface area contributed by atoms with Crippen LogP contribution in [0.2, 0.25) is 0 Å². The minimum atomic E-state index is 0.380. The van der Waals surface area contributed by atoms with Gasteiger partial charge in [0, 0.05) is 6.07 Å². The monoisotopic (exact) mass is 159 g/mol. The van der Waals surface area contributed by atoms with Crippen molar-refractivity contribution in [3.05, 3.63) is 23.9 Å². The zero-order valence-electron chi connectivity index (χ0n) is 6.66. The van der Waals surface area contributed by atoms with Gasteiger partial charge in [-0.15, -0.1) is 6.42 Å². The third-order valence-electron chi connectivity index (χ3n) is 1.68. The van der Waals surface area contributed by atoms with Crippen LogP contribution < -0.4 is 4.74 Å². The Morgan fingerprint density at radius 2 is 2.33 bits per heavy atom. The second-order valence-electron chi connectivity index (χ2n) is 2.82. The van der Waals surface area contributed by atoms with Gasteiger partial charge in [0.15, 0.2) is 0 Å². The molecule has 0 atom stereocenters. The van der Waals surface area contributed by atoms with Gasteiger partial charge in [0.05, 0.1) is 0 Å². The zero-order valence-corrected chi connectivity index (χ0v) is 6.66. The van der Waals surface area contributed by atoms with Gasteiger partial charge >= 0.3 is 0 Å². The van der Waals surface area contributed by atoms with Crippen LogP contribution in [0.15, 0.2) is 18.2 Å². The summed E-state index contributed by atoms with van der Waals surface area (Å²) >= 11 is 0. The molecule has 1 aromatic rings. The van der Waals surface area contributed by atoms with E-state index in [1.807, 2.05) is 12.1 Å². The fourth-order valence-electron chi connectivity index (χ4n) is 0.918. The van der Waals surface area contributed by atoms with Crippen molar-refractivity contribution < 1.29 is 4.74 Å². The molecule has 2 heteroatoms. The first-order valence-electron chi connectivity index (χ1n) is 3.99. The largest absolute Gasteiger partial charge is 0.474 e. The van der Waals surface area contributed by atoms with Crippen LogP contribution in [0.25, 0.3) is 0 Å². The van der Waals surface area contributed by atoms with Crippen LogP contribution in [-0.2, 0) is 0 Å². The molecule has 1 aliphatic carbocycles. The van der Waals surface area contributed by atoms with Gasteiger partial charge in [-0.2, -0.15) is 0 Å². The summed E-state index contributed by atoms with van der Waals surface area (Å²) < 4.78 is 5.46. The number of ether oxygens (including phenoxy) is 1. The van der Waals surface area contributed by atoms with Crippen LogP contribution in [-0.4, -0.2) is 11.1 Å². The maximum Gasteiger partial charge on any atom is 0.214 e. The highest BCUT2D eigenvalue weighted by Crippen LogP contribution is 2.25. The maximum atomic E-state index is 5.46. The van der Waals surface area contributed by atoms with E-state index in [1.54, 1.807) is 6.07 Å². The molecular formula is C10H9NO. The van der Waals surface area contributed by atoms with E-state index in [-0.39, 0.29) is 0 Å². The molecule has 2 nitrogen and oxygen atoms in total. The Morgan fingerprint density at radius 3 is 3.00 bits per heavy atom. The van der Waals surface area contributed by atoms with Crippen LogP contribution >= 0.6 is 0 Å². The Morgan fingerprint density at radius 1 is 1.50 bits per heavy atom. The number of nitrogens with zero attached hydrogens (tertiary/aromatic N) is 1. The molecule has 1 aliphatic rings. The molecule has 0 aromatic carbocycles. The van der Waals surface area contributed by atoms with Gasteiger partial charge in [0.25, 0.3) is 0 Å². The Hall–Kier alpha value is -1.49. The number of pyridine rings is 1. The molecule has 12 heavy (non-hydrogen) atoms. The second kappa shape index (κ2) is 2.86. The SMILES string of the molecule is C#Cc1cccc(OC2CC2)n1. The van der Waals surface area contributed by atoms with E-state index < -0.39 is 0 Å². The molecule has 1 aromatic heterocycles. The summed E-state index contributed by atoms with van der Waals surface area (Å²) in [5, 5.41) is 0. The molecule has 0 unspecified atom stereocenters. The standard InChI is InChI=1S/C10H9NO/c1-2-8-4-3-5-10(11-8)12-9-6-7-9/h1,3-5,9H,6-7H2. The van der Waals surface area contributed by atoms with Crippen LogP contribution in [0.5, 0.6) is 5.88 Å². The lowest BCUT2D eigenvalue weighted by Gasteiger charge is -2.01. The lowest BCUT2D eigenvalue weighted by molar-refractivity contribution is 0.291. The van der Waals surface area contributed by atoms with Gasteiger partial charge < -0.3 is 4.74 Å². The highest BCUT2D eigenvalue weighted by Gasteiger charge is 2.23. The van der Waals surface area contributed by atoms with Gasteiger partial charge in [-0.3, -0.25) is 0 Å². The van der Waals surface area contributed by atoms with Crippen molar-refractivity contribution in [3.63, 3.8) is 0 Å². The molecule has 0 amide bonds. The molecule has 1 heterocycles. The quantitative estimate of drug-likeness (QED) is 0.611. The van der Waals surface area contributed by atoms with Crippen LogP contribution in [0, 0.1) is 12.3 Å². The fourth-order valence-corrected chi connectivity index (χ4v) is 0.918. The summed E-state index contributed by atoms with van der Waals surface area (Å²) in [6, 6.07) is 5.48. The third-order valence-corrected chi connectivity index (χ3v) is 1.68. The van der Waals surface area contributed by atoms with Gasteiger partial charge in [-0.25, -0.2) is 4.98 Å². The minimum absolute atomic E-state index is 0.380. The Balaban J connectivity index is 2.15. The van der Waals surface area contributed by atoms with Crippen molar-refractivity contribution in [2.45, 2.75) is 18.9 Å². The maximum absolute atomic E-state index is 5.46. The first kappa shape index (κ1) is 7.17. The van der Waals surface area contributed by atoms with E-state index in [4.69, 9.17) is 11.2 Å². The van der Waals surface area contributed by atoms with Crippen molar-refractivity contribution in [3.8, 4) is 18.2 Å². The summed E-state index contributed by atoms with van der Waals surface area (Å²) in [4.78, 5) is 4.11. The van der Waals surface area contributed by atoms with Crippen molar-refractivity contribution >= 4 is 0 Å². The average molecular weight is 159 g/mol. The summed E-state index contributed by atoms with van der Waals surface area (Å²) in [7, 11) is 0. The molecule has 0 radical (unpaired) electrons. The van der Waals surface area contributed by atoms with Crippen molar-refractivity contribution in [2.24, 2.45) is 0 Å². The Bertz CT molecular complexity index is 323. The Labute approximate surface area is 71.6 Å². The van der Waals surface area contributed by atoms with E-state index in [9.17, 15) is 0 Å². The highest BCUT2D eigenvalue weighted by atomic mass is 16.5. The molecule has 0 bridgehead atoms. The molecule has 0 aliphatic heterocycles. The van der Waals surface area contributed by atoms with E-state index >= 15 is 0 Å². The zero-order chi connectivity index (χ0) is 8.39. The van der Waals surface area contributed by atoms with Gasteiger partial charge in [-0.1, -0.05) is 12.0 Å². The van der Waals surface area contributed by atoms with E-state index in [1.165, 1.54) is 0 Å². The molecule has 0 saturated heterocycles. The number of hydrogen-bond donors (Lipinski definition) is 0. The molecule has 2 rings (SSSR count). The lowest BCUT2D eigenvalue weighted by atomic mass is 10.4. The van der Waals surface area contributed by atoms with Gasteiger partial charge in [0.2, 0.25) is 5.88 Å².